The Morgan fingerprint density at radius 2 is 1.92 bits per heavy atom. The average molecular weight is 393 g/mol. The van der Waals surface area contributed by atoms with Crippen molar-refractivity contribution in [1.29, 1.82) is 0 Å². The average Bonchev–Trinajstić information content (AvgIpc) is 3.08. The zero-order valence-corrected chi connectivity index (χ0v) is 16.1. The molecule has 0 unspecified atom stereocenters. The summed E-state index contributed by atoms with van der Waals surface area (Å²) in [6.45, 7) is 1.63. The third-order valence-corrected chi connectivity index (χ3v) is 5.35. The maximum Gasteiger partial charge on any atom is 0.118 e. The van der Waals surface area contributed by atoms with Crippen molar-refractivity contribution in [2.75, 3.05) is 13.7 Å². The minimum absolute atomic E-state index is 0.638. The Kier molecular flexibility index (Phi) is 6.32. The maximum absolute atomic E-state index is 6.26. The van der Waals surface area contributed by atoms with E-state index < -0.39 is 0 Å². The Bertz CT molecular complexity index is 834. The number of ether oxygens (including phenoxy) is 1. The Hall–Kier alpha value is -1.59. The van der Waals surface area contributed by atoms with Gasteiger partial charge in [-0.15, -0.1) is 11.3 Å². The van der Waals surface area contributed by atoms with Crippen LogP contribution in [0.25, 0.3) is 10.4 Å². The van der Waals surface area contributed by atoms with Crippen molar-refractivity contribution >= 4 is 34.5 Å². The van der Waals surface area contributed by atoms with Gasteiger partial charge in [-0.25, -0.2) is 4.98 Å². The van der Waals surface area contributed by atoms with Crippen LogP contribution in [0, 0.1) is 0 Å². The van der Waals surface area contributed by atoms with Crippen molar-refractivity contribution in [2.24, 2.45) is 0 Å². The lowest BCUT2D eigenvalue weighted by atomic mass is 10.1. The molecule has 0 saturated heterocycles. The molecule has 3 aromatic rings. The van der Waals surface area contributed by atoms with Crippen LogP contribution in [0.4, 0.5) is 0 Å². The standard InChI is InChI=1S/C19H18Cl2N2OS/c1-24-15-5-2-13(3-6-15)8-9-22-12-19-23-11-18(25-19)16-7-4-14(20)10-17(16)21/h2-7,10-11,22H,8-9,12H2,1H3. The van der Waals surface area contributed by atoms with Gasteiger partial charge in [0.05, 0.1) is 17.0 Å². The van der Waals surface area contributed by atoms with Gasteiger partial charge in [0.25, 0.3) is 0 Å². The second kappa shape index (κ2) is 8.68. The highest BCUT2D eigenvalue weighted by Crippen LogP contribution is 2.33. The fraction of sp³-hybridized carbons (Fsp3) is 0.211. The van der Waals surface area contributed by atoms with E-state index in [4.69, 9.17) is 27.9 Å². The van der Waals surface area contributed by atoms with Crippen LogP contribution in [-0.2, 0) is 13.0 Å². The summed E-state index contributed by atoms with van der Waals surface area (Å²) in [7, 11) is 1.68. The van der Waals surface area contributed by atoms with E-state index in [0.717, 1.165) is 40.7 Å². The third kappa shape index (κ3) is 4.95. The molecule has 1 N–H and O–H groups in total. The van der Waals surface area contributed by atoms with Crippen molar-refractivity contribution in [3.05, 3.63) is 69.3 Å². The van der Waals surface area contributed by atoms with Gasteiger partial charge in [-0.1, -0.05) is 41.4 Å². The number of rotatable bonds is 7. The van der Waals surface area contributed by atoms with Crippen LogP contribution in [-0.4, -0.2) is 18.6 Å². The van der Waals surface area contributed by atoms with E-state index >= 15 is 0 Å². The molecule has 0 bridgehead atoms. The molecule has 6 heteroatoms. The molecule has 0 aliphatic heterocycles. The van der Waals surface area contributed by atoms with E-state index in [2.05, 4.69) is 22.4 Å². The van der Waals surface area contributed by atoms with E-state index in [-0.39, 0.29) is 0 Å². The van der Waals surface area contributed by atoms with E-state index in [1.807, 2.05) is 30.5 Å². The lowest BCUT2D eigenvalue weighted by Crippen LogP contribution is -2.16. The molecule has 0 fully saturated rings. The largest absolute Gasteiger partial charge is 0.497 e. The fourth-order valence-corrected chi connectivity index (χ4v) is 3.92. The molecule has 0 amide bonds. The number of hydrogen-bond acceptors (Lipinski definition) is 4. The monoisotopic (exact) mass is 392 g/mol. The number of methoxy groups -OCH3 is 1. The van der Waals surface area contributed by atoms with E-state index in [1.54, 1.807) is 24.5 Å². The van der Waals surface area contributed by atoms with E-state index in [0.29, 0.717) is 10.0 Å². The summed E-state index contributed by atoms with van der Waals surface area (Å²) in [6.07, 6.45) is 2.82. The molecule has 0 spiro atoms. The SMILES string of the molecule is COc1ccc(CCNCc2ncc(-c3ccc(Cl)cc3Cl)s2)cc1. The number of nitrogens with zero attached hydrogens (tertiary/aromatic N) is 1. The highest BCUT2D eigenvalue weighted by molar-refractivity contribution is 7.15. The number of benzene rings is 2. The molecule has 0 radical (unpaired) electrons. The van der Waals surface area contributed by atoms with Crippen LogP contribution in [0.2, 0.25) is 10.0 Å². The van der Waals surface area contributed by atoms with Crippen LogP contribution < -0.4 is 10.1 Å². The van der Waals surface area contributed by atoms with Crippen molar-refractivity contribution in [1.82, 2.24) is 10.3 Å². The lowest BCUT2D eigenvalue weighted by Gasteiger charge is -2.04. The van der Waals surface area contributed by atoms with Gasteiger partial charge in [0.15, 0.2) is 0 Å². The summed E-state index contributed by atoms with van der Waals surface area (Å²) in [5.41, 5.74) is 2.24. The summed E-state index contributed by atoms with van der Waals surface area (Å²) in [5, 5.41) is 5.75. The highest BCUT2D eigenvalue weighted by atomic mass is 35.5. The molecule has 0 aliphatic rings. The summed E-state index contributed by atoms with van der Waals surface area (Å²) in [5.74, 6) is 0.882. The molecular weight excluding hydrogens is 375 g/mol. The van der Waals surface area contributed by atoms with Gasteiger partial charge in [-0.2, -0.15) is 0 Å². The predicted octanol–water partition coefficient (Wildman–Crippen LogP) is 5.46. The highest BCUT2D eigenvalue weighted by Gasteiger charge is 2.08. The molecule has 1 heterocycles. The molecule has 3 rings (SSSR count). The lowest BCUT2D eigenvalue weighted by molar-refractivity contribution is 0.414. The maximum atomic E-state index is 6.26. The number of thiazole rings is 1. The quantitative estimate of drug-likeness (QED) is 0.542. The fourth-order valence-electron chi connectivity index (χ4n) is 2.43. The zero-order chi connectivity index (χ0) is 17.6. The van der Waals surface area contributed by atoms with Gasteiger partial charge in [-0.05, 0) is 42.8 Å². The smallest absolute Gasteiger partial charge is 0.118 e. The molecule has 1 aromatic heterocycles. The number of hydrogen-bond donors (Lipinski definition) is 1. The Morgan fingerprint density at radius 1 is 1.12 bits per heavy atom. The summed E-state index contributed by atoms with van der Waals surface area (Å²) >= 11 is 13.8. The minimum Gasteiger partial charge on any atom is -0.497 e. The van der Waals surface area contributed by atoms with Crippen LogP contribution in [0.3, 0.4) is 0 Å². The molecule has 0 aliphatic carbocycles. The normalized spacial score (nSPS) is 10.8. The van der Waals surface area contributed by atoms with Gasteiger partial charge >= 0.3 is 0 Å². The van der Waals surface area contributed by atoms with Gasteiger partial charge in [0, 0.05) is 23.3 Å². The van der Waals surface area contributed by atoms with Crippen LogP contribution in [0.5, 0.6) is 5.75 Å². The van der Waals surface area contributed by atoms with Gasteiger partial charge in [0.2, 0.25) is 0 Å². The van der Waals surface area contributed by atoms with E-state index in [1.165, 1.54) is 5.56 Å². The van der Waals surface area contributed by atoms with Crippen molar-refractivity contribution in [2.45, 2.75) is 13.0 Å². The van der Waals surface area contributed by atoms with Crippen LogP contribution in [0.15, 0.2) is 48.7 Å². The van der Waals surface area contributed by atoms with Crippen molar-refractivity contribution in [3.8, 4) is 16.2 Å². The Morgan fingerprint density at radius 3 is 2.64 bits per heavy atom. The minimum atomic E-state index is 0.638. The molecule has 130 valence electrons. The van der Waals surface area contributed by atoms with Crippen molar-refractivity contribution < 1.29 is 4.74 Å². The number of halogens is 2. The molecule has 0 atom stereocenters. The molecule has 2 aromatic carbocycles. The predicted molar refractivity (Wildman–Crippen MR) is 106 cm³/mol. The topological polar surface area (TPSA) is 34.1 Å². The molecule has 25 heavy (non-hydrogen) atoms. The first kappa shape index (κ1) is 18.2. The Labute approximate surface area is 161 Å². The third-order valence-electron chi connectivity index (χ3n) is 3.78. The van der Waals surface area contributed by atoms with Crippen LogP contribution >= 0.6 is 34.5 Å². The Balaban J connectivity index is 1.51. The molecule has 3 nitrogen and oxygen atoms in total. The first-order chi connectivity index (χ1) is 12.2. The van der Waals surface area contributed by atoms with Gasteiger partial charge < -0.3 is 10.1 Å². The number of aromatic nitrogens is 1. The molecule has 0 saturated carbocycles. The number of nitrogens with one attached hydrogen (secondary N) is 1. The van der Waals surface area contributed by atoms with E-state index in [9.17, 15) is 0 Å². The zero-order valence-electron chi connectivity index (χ0n) is 13.8. The van der Waals surface area contributed by atoms with Gasteiger partial charge in [-0.3, -0.25) is 0 Å². The first-order valence-corrected chi connectivity index (χ1v) is 9.47. The summed E-state index contributed by atoms with van der Waals surface area (Å²) < 4.78 is 5.17. The van der Waals surface area contributed by atoms with Crippen molar-refractivity contribution in [3.63, 3.8) is 0 Å². The summed E-state index contributed by atoms with van der Waals surface area (Å²) in [4.78, 5) is 5.52. The second-order valence-electron chi connectivity index (χ2n) is 5.52. The van der Waals surface area contributed by atoms with Gasteiger partial charge in [0.1, 0.15) is 10.8 Å². The molecular formula is C19H18Cl2N2OS. The van der Waals surface area contributed by atoms with Crippen LogP contribution in [0.1, 0.15) is 10.6 Å². The summed E-state index contributed by atoms with van der Waals surface area (Å²) in [6, 6.07) is 13.7. The second-order valence-corrected chi connectivity index (χ2v) is 7.48. The first-order valence-electron chi connectivity index (χ1n) is 7.89.